The van der Waals surface area contributed by atoms with Crippen molar-refractivity contribution < 1.29 is 14.3 Å². The number of nitrogen functional groups attached to an aromatic ring is 1. The van der Waals surface area contributed by atoms with Gasteiger partial charge in [0.1, 0.15) is 5.75 Å². The molecule has 1 aromatic carbocycles. The summed E-state index contributed by atoms with van der Waals surface area (Å²) in [5, 5.41) is 0. The Morgan fingerprint density at radius 1 is 1.10 bits per heavy atom. The molecule has 0 saturated carbocycles. The Kier molecular flexibility index (Phi) is 8.32. The van der Waals surface area contributed by atoms with Crippen LogP contribution in [-0.4, -0.2) is 19.7 Å². The van der Waals surface area contributed by atoms with Gasteiger partial charge in [0.2, 0.25) is 0 Å². The molecular formula is C17H27NO3. The maximum Gasteiger partial charge on any atom is 0.337 e. The zero-order chi connectivity index (χ0) is 15.5. The van der Waals surface area contributed by atoms with E-state index in [1.54, 1.807) is 18.2 Å². The van der Waals surface area contributed by atoms with Crippen LogP contribution < -0.4 is 10.5 Å². The van der Waals surface area contributed by atoms with Crippen LogP contribution in [0.4, 0.5) is 5.69 Å². The van der Waals surface area contributed by atoms with E-state index >= 15 is 0 Å². The lowest BCUT2D eigenvalue weighted by molar-refractivity contribution is 0.0601. The van der Waals surface area contributed by atoms with Crippen LogP contribution in [0.15, 0.2) is 18.2 Å². The molecule has 2 N–H and O–H groups in total. The molecule has 21 heavy (non-hydrogen) atoms. The zero-order valence-electron chi connectivity index (χ0n) is 13.2. The van der Waals surface area contributed by atoms with E-state index in [9.17, 15) is 4.79 Å². The van der Waals surface area contributed by atoms with E-state index < -0.39 is 0 Å². The number of hydrogen-bond acceptors (Lipinski definition) is 4. The van der Waals surface area contributed by atoms with Gasteiger partial charge in [-0.2, -0.15) is 0 Å². The van der Waals surface area contributed by atoms with E-state index in [1.807, 2.05) is 0 Å². The molecule has 0 spiro atoms. The summed E-state index contributed by atoms with van der Waals surface area (Å²) in [5.41, 5.74) is 6.79. The van der Waals surface area contributed by atoms with Gasteiger partial charge < -0.3 is 15.2 Å². The minimum absolute atomic E-state index is 0.389. The second-order valence-corrected chi connectivity index (χ2v) is 5.21. The monoisotopic (exact) mass is 293 g/mol. The van der Waals surface area contributed by atoms with E-state index in [4.69, 9.17) is 10.5 Å². The van der Waals surface area contributed by atoms with Crippen LogP contribution in [0.1, 0.15) is 62.2 Å². The number of esters is 1. The van der Waals surface area contributed by atoms with E-state index in [-0.39, 0.29) is 5.97 Å². The number of anilines is 1. The van der Waals surface area contributed by atoms with Crippen molar-refractivity contribution in [1.29, 1.82) is 0 Å². The summed E-state index contributed by atoms with van der Waals surface area (Å²) in [5.74, 6) is 0.244. The predicted molar refractivity (Wildman–Crippen MR) is 85.7 cm³/mol. The molecule has 0 aliphatic heterocycles. The molecule has 0 fully saturated rings. The van der Waals surface area contributed by atoms with Gasteiger partial charge in [0, 0.05) is 0 Å². The second-order valence-electron chi connectivity index (χ2n) is 5.21. The Labute approximate surface area is 127 Å². The first-order valence-corrected chi connectivity index (χ1v) is 7.79. The lowest BCUT2D eigenvalue weighted by Crippen LogP contribution is -2.04. The van der Waals surface area contributed by atoms with Crippen LogP contribution in [0.3, 0.4) is 0 Å². The van der Waals surface area contributed by atoms with Crippen LogP contribution in [0, 0.1) is 0 Å². The molecule has 0 radical (unpaired) electrons. The fourth-order valence-corrected chi connectivity index (χ4v) is 2.17. The first-order chi connectivity index (χ1) is 10.2. The third-order valence-electron chi connectivity index (χ3n) is 3.44. The van der Waals surface area contributed by atoms with Crippen molar-refractivity contribution in [2.45, 2.75) is 51.9 Å². The summed E-state index contributed by atoms with van der Waals surface area (Å²) >= 11 is 0. The lowest BCUT2D eigenvalue weighted by atomic mass is 10.1. The number of rotatable bonds is 10. The highest BCUT2D eigenvalue weighted by atomic mass is 16.5. The molecule has 4 heteroatoms. The zero-order valence-corrected chi connectivity index (χ0v) is 13.2. The fourth-order valence-electron chi connectivity index (χ4n) is 2.17. The van der Waals surface area contributed by atoms with Crippen molar-refractivity contribution in [3.8, 4) is 5.75 Å². The van der Waals surface area contributed by atoms with Crippen molar-refractivity contribution in [2.75, 3.05) is 19.5 Å². The molecular weight excluding hydrogens is 266 g/mol. The normalized spacial score (nSPS) is 10.4. The van der Waals surface area contributed by atoms with Crippen molar-refractivity contribution in [3.63, 3.8) is 0 Å². The second kappa shape index (κ2) is 10.1. The molecule has 1 rings (SSSR count). The molecule has 0 aliphatic carbocycles. The van der Waals surface area contributed by atoms with E-state index in [1.165, 1.54) is 45.6 Å². The van der Waals surface area contributed by atoms with Crippen LogP contribution in [0.25, 0.3) is 0 Å². The summed E-state index contributed by atoms with van der Waals surface area (Å²) in [6, 6.07) is 4.98. The minimum Gasteiger partial charge on any atom is -0.491 e. The standard InChI is InChI=1S/C17H27NO3/c1-3-4-5-6-7-8-9-12-21-16-11-10-14(13-15(16)18)17(19)20-2/h10-11,13H,3-9,12,18H2,1-2H3. The summed E-state index contributed by atoms with van der Waals surface area (Å²) < 4.78 is 10.3. The molecule has 0 aliphatic rings. The number of nitrogens with two attached hydrogens (primary N) is 1. The smallest absolute Gasteiger partial charge is 0.337 e. The topological polar surface area (TPSA) is 61.5 Å². The average Bonchev–Trinajstić information content (AvgIpc) is 2.50. The number of unbranched alkanes of at least 4 members (excludes halogenated alkanes) is 6. The van der Waals surface area contributed by atoms with Gasteiger partial charge in [0.15, 0.2) is 0 Å². The van der Waals surface area contributed by atoms with Crippen molar-refractivity contribution >= 4 is 11.7 Å². The molecule has 4 nitrogen and oxygen atoms in total. The van der Waals surface area contributed by atoms with Gasteiger partial charge in [-0.25, -0.2) is 4.79 Å². The van der Waals surface area contributed by atoms with Crippen molar-refractivity contribution in [2.24, 2.45) is 0 Å². The van der Waals surface area contributed by atoms with Crippen molar-refractivity contribution in [3.05, 3.63) is 23.8 Å². The summed E-state index contributed by atoms with van der Waals surface area (Å²) in [6.07, 6.45) is 8.74. The summed E-state index contributed by atoms with van der Waals surface area (Å²) in [4.78, 5) is 11.4. The van der Waals surface area contributed by atoms with Gasteiger partial charge >= 0.3 is 5.97 Å². The Morgan fingerprint density at radius 3 is 2.38 bits per heavy atom. The SMILES string of the molecule is CCCCCCCCCOc1ccc(C(=O)OC)cc1N. The highest BCUT2D eigenvalue weighted by Crippen LogP contribution is 2.23. The first-order valence-electron chi connectivity index (χ1n) is 7.79. The Morgan fingerprint density at radius 2 is 1.76 bits per heavy atom. The van der Waals surface area contributed by atoms with Crippen LogP contribution in [0.2, 0.25) is 0 Å². The van der Waals surface area contributed by atoms with Crippen molar-refractivity contribution in [1.82, 2.24) is 0 Å². The number of benzene rings is 1. The number of carbonyl (C=O) groups is 1. The molecule has 0 amide bonds. The molecule has 0 unspecified atom stereocenters. The highest BCUT2D eigenvalue weighted by Gasteiger charge is 2.08. The molecule has 0 atom stereocenters. The number of methoxy groups -OCH3 is 1. The summed E-state index contributed by atoms with van der Waals surface area (Å²) in [6.45, 7) is 2.89. The quantitative estimate of drug-likeness (QED) is 0.399. The molecule has 0 aromatic heterocycles. The van der Waals surface area contributed by atoms with Crippen LogP contribution in [0.5, 0.6) is 5.75 Å². The molecule has 0 heterocycles. The third kappa shape index (κ3) is 6.52. The fraction of sp³-hybridized carbons (Fsp3) is 0.588. The van der Waals surface area contributed by atoms with Gasteiger partial charge in [0.25, 0.3) is 0 Å². The third-order valence-corrected chi connectivity index (χ3v) is 3.44. The van der Waals surface area contributed by atoms with Gasteiger partial charge in [-0.3, -0.25) is 0 Å². The van der Waals surface area contributed by atoms with Gasteiger partial charge in [-0.15, -0.1) is 0 Å². The molecule has 1 aromatic rings. The molecule has 0 bridgehead atoms. The maximum absolute atomic E-state index is 11.4. The first kappa shape index (κ1) is 17.3. The Hall–Kier alpha value is -1.71. The Balaban J connectivity index is 2.25. The number of ether oxygens (including phenoxy) is 2. The Bertz CT molecular complexity index is 432. The highest BCUT2D eigenvalue weighted by molar-refractivity contribution is 5.90. The van der Waals surface area contributed by atoms with Gasteiger partial charge in [-0.05, 0) is 24.6 Å². The summed E-state index contributed by atoms with van der Waals surface area (Å²) in [7, 11) is 1.35. The average molecular weight is 293 g/mol. The number of carbonyl (C=O) groups excluding carboxylic acids is 1. The predicted octanol–water partition coefficient (Wildman–Crippen LogP) is 4.18. The van der Waals surface area contributed by atoms with Crippen LogP contribution in [-0.2, 0) is 4.74 Å². The maximum atomic E-state index is 11.4. The molecule has 118 valence electrons. The molecule has 0 saturated heterocycles. The van der Waals surface area contributed by atoms with E-state index in [0.717, 1.165) is 6.42 Å². The van der Waals surface area contributed by atoms with Gasteiger partial charge in [0.05, 0.1) is 25.0 Å². The van der Waals surface area contributed by atoms with E-state index in [0.29, 0.717) is 23.6 Å². The number of hydrogen-bond donors (Lipinski definition) is 1. The van der Waals surface area contributed by atoms with E-state index in [2.05, 4.69) is 11.7 Å². The lowest BCUT2D eigenvalue weighted by Gasteiger charge is -2.10. The minimum atomic E-state index is -0.389. The van der Waals surface area contributed by atoms with Crippen LogP contribution >= 0.6 is 0 Å². The van der Waals surface area contributed by atoms with Gasteiger partial charge in [-0.1, -0.05) is 45.4 Å². The largest absolute Gasteiger partial charge is 0.491 e.